The average Bonchev–Trinajstić information content (AvgIpc) is 2.59. The molecule has 7 nitrogen and oxygen atoms in total. The van der Waals surface area contributed by atoms with Crippen LogP contribution in [0.25, 0.3) is 0 Å². The van der Waals surface area contributed by atoms with Crippen LogP contribution in [0.2, 0.25) is 0 Å². The van der Waals surface area contributed by atoms with E-state index < -0.39 is 5.97 Å². The number of amides is 2. The SMILES string of the molecule is CNCCCNC(=O)N1CCCN(CC(=O)O)CC1. The van der Waals surface area contributed by atoms with Crippen LogP contribution in [-0.2, 0) is 4.79 Å². The van der Waals surface area contributed by atoms with Crippen LogP contribution in [-0.4, -0.2) is 79.8 Å². The first-order valence-electron chi connectivity index (χ1n) is 6.75. The van der Waals surface area contributed by atoms with Gasteiger partial charge >= 0.3 is 12.0 Å². The normalized spacial score (nSPS) is 17.0. The maximum Gasteiger partial charge on any atom is 0.317 e. The molecule has 0 radical (unpaired) electrons. The van der Waals surface area contributed by atoms with E-state index in [1.165, 1.54) is 0 Å². The molecule has 0 unspecified atom stereocenters. The number of carbonyl (C=O) groups is 2. The van der Waals surface area contributed by atoms with Crippen molar-refractivity contribution in [2.45, 2.75) is 12.8 Å². The van der Waals surface area contributed by atoms with Gasteiger partial charge < -0.3 is 20.6 Å². The Hall–Kier alpha value is -1.34. The summed E-state index contributed by atoms with van der Waals surface area (Å²) in [5.74, 6) is -0.815. The summed E-state index contributed by atoms with van der Waals surface area (Å²) in [7, 11) is 1.88. The third-order valence-corrected chi connectivity index (χ3v) is 3.11. The van der Waals surface area contributed by atoms with Crippen molar-refractivity contribution in [2.75, 3.05) is 52.9 Å². The summed E-state index contributed by atoms with van der Waals surface area (Å²) in [6.07, 6.45) is 1.72. The van der Waals surface area contributed by atoms with Gasteiger partial charge in [0.05, 0.1) is 6.54 Å². The minimum absolute atomic E-state index is 0.0479. The second-order valence-electron chi connectivity index (χ2n) is 4.70. The number of nitrogens with zero attached hydrogens (tertiary/aromatic N) is 2. The molecule has 0 spiro atoms. The largest absolute Gasteiger partial charge is 0.480 e. The quantitative estimate of drug-likeness (QED) is 0.562. The monoisotopic (exact) mass is 272 g/mol. The molecule has 3 N–H and O–H groups in total. The van der Waals surface area contributed by atoms with Crippen LogP contribution in [0.1, 0.15) is 12.8 Å². The Bertz CT molecular complexity index is 299. The maximum absolute atomic E-state index is 11.9. The Kier molecular flexibility index (Phi) is 7.20. The second-order valence-corrected chi connectivity index (χ2v) is 4.70. The van der Waals surface area contributed by atoms with E-state index in [1.807, 2.05) is 11.9 Å². The molecule has 1 aliphatic rings. The van der Waals surface area contributed by atoms with Gasteiger partial charge in [0.15, 0.2) is 0 Å². The molecule has 0 aromatic carbocycles. The number of carboxylic acids is 1. The van der Waals surface area contributed by atoms with Gasteiger partial charge in [0.25, 0.3) is 0 Å². The highest BCUT2D eigenvalue weighted by Gasteiger charge is 2.19. The fraction of sp³-hybridized carbons (Fsp3) is 0.833. The van der Waals surface area contributed by atoms with Crippen molar-refractivity contribution in [3.05, 3.63) is 0 Å². The first-order chi connectivity index (χ1) is 9.13. The molecule has 0 atom stereocenters. The first-order valence-corrected chi connectivity index (χ1v) is 6.75. The van der Waals surface area contributed by atoms with Gasteiger partial charge in [-0.25, -0.2) is 4.79 Å². The van der Waals surface area contributed by atoms with Gasteiger partial charge in [-0.15, -0.1) is 0 Å². The lowest BCUT2D eigenvalue weighted by Gasteiger charge is -2.21. The molecule has 1 fully saturated rings. The van der Waals surface area contributed by atoms with Gasteiger partial charge in [-0.3, -0.25) is 9.69 Å². The smallest absolute Gasteiger partial charge is 0.317 e. The summed E-state index contributed by atoms with van der Waals surface area (Å²) in [5.41, 5.74) is 0. The highest BCUT2D eigenvalue weighted by atomic mass is 16.4. The van der Waals surface area contributed by atoms with Crippen molar-refractivity contribution in [1.82, 2.24) is 20.4 Å². The molecule has 0 aromatic heterocycles. The van der Waals surface area contributed by atoms with E-state index in [0.29, 0.717) is 26.2 Å². The molecule has 110 valence electrons. The zero-order valence-corrected chi connectivity index (χ0v) is 11.5. The molecule has 1 aliphatic heterocycles. The number of aliphatic carboxylic acids is 1. The summed E-state index contributed by atoms with van der Waals surface area (Å²) in [5, 5.41) is 14.7. The Morgan fingerprint density at radius 2 is 1.95 bits per heavy atom. The topological polar surface area (TPSA) is 84.9 Å². The lowest BCUT2D eigenvalue weighted by molar-refractivity contribution is -0.138. The number of nitrogens with one attached hydrogen (secondary N) is 2. The molecule has 0 bridgehead atoms. The Labute approximate surface area is 113 Å². The average molecular weight is 272 g/mol. The van der Waals surface area contributed by atoms with E-state index in [-0.39, 0.29) is 12.6 Å². The number of carboxylic acid groups (broad SMARTS) is 1. The fourth-order valence-corrected chi connectivity index (χ4v) is 2.10. The van der Waals surface area contributed by atoms with Crippen molar-refractivity contribution in [1.29, 1.82) is 0 Å². The van der Waals surface area contributed by atoms with Crippen LogP contribution < -0.4 is 10.6 Å². The van der Waals surface area contributed by atoms with Gasteiger partial charge in [-0.05, 0) is 26.4 Å². The van der Waals surface area contributed by atoms with Crippen LogP contribution in [0.5, 0.6) is 0 Å². The van der Waals surface area contributed by atoms with Gasteiger partial charge in [-0.2, -0.15) is 0 Å². The summed E-state index contributed by atoms with van der Waals surface area (Å²) >= 11 is 0. The minimum atomic E-state index is -0.815. The van der Waals surface area contributed by atoms with Crippen molar-refractivity contribution in [3.63, 3.8) is 0 Å². The van der Waals surface area contributed by atoms with Crippen molar-refractivity contribution >= 4 is 12.0 Å². The van der Waals surface area contributed by atoms with Crippen molar-refractivity contribution in [3.8, 4) is 0 Å². The zero-order valence-electron chi connectivity index (χ0n) is 11.5. The first kappa shape index (κ1) is 15.7. The summed E-state index contributed by atoms with van der Waals surface area (Å²) in [6, 6.07) is -0.0479. The zero-order chi connectivity index (χ0) is 14.1. The molecule has 1 saturated heterocycles. The maximum atomic E-state index is 11.9. The van der Waals surface area contributed by atoms with Crippen LogP contribution in [0.3, 0.4) is 0 Å². The second kappa shape index (κ2) is 8.71. The molecule has 7 heteroatoms. The third kappa shape index (κ3) is 6.40. The lowest BCUT2D eigenvalue weighted by atomic mass is 10.4. The predicted molar refractivity (Wildman–Crippen MR) is 72.2 cm³/mol. The van der Waals surface area contributed by atoms with Crippen LogP contribution in [0, 0.1) is 0 Å². The molecule has 0 aliphatic carbocycles. The molecule has 0 saturated carbocycles. The van der Waals surface area contributed by atoms with E-state index in [0.717, 1.165) is 25.9 Å². The van der Waals surface area contributed by atoms with E-state index in [1.54, 1.807) is 4.90 Å². The number of hydrogen-bond acceptors (Lipinski definition) is 4. The third-order valence-electron chi connectivity index (χ3n) is 3.11. The molecule has 19 heavy (non-hydrogen) atoms. The van der Waals surface area contributed by atoms with Crippen LogP contribution in [0.15, 0.2) is 0 Å². The Morgan fingerprint density at radius 3 is 2.63 bits per heavy atom. The lowest BCUT2D eigenvalue weighted by Crippen LogP contribution is -2.43. The van der Waals surface area contributed by atoms with E-state index >= 15 is 0 Å². The molecule has 1 heterocycles. The summed E-state index contributed by atoms with van der Waals surface area (Å²) in [4.78, 5) is 26.2. The van der Waals surface area contributed by atoms with E-state index in [2.05, 4.69) is 10.6 Å². The molecule has 2 amide bonds. The number of urea groups is 1. The Morgan fingerprint density at radius 1 is 1.16 bits per heavy atom. The van der Waals surface area contributed by atoms with Crippen molar-refractivity contribution < 1.29 is 14.7 Å². The number of hydrogen-bond donors (Lipinski definition) is 3. The van der Waals surface area contributed by atoms with Gasteiger partial charge in [0, 0.05) is 32.7 Å². The van der Waals surface area contributed by atoms with Gasteiger partial charge in [0.1, 0.15) is 0 Å². The molecule has 0 aromatic rings. The summed E-state index contributed by atoms with van der Waals surface area (Å²) < 4.78 is 0. The predicted octanol–water partition coefficient (Wildman–Crippen LogP) is -0.602. The standard InChI is InChI=1S/C12H24N4O3/c1-13-4-2-5-14-12(19)16-7-3-6-15(8-9-16)10-11(17)18/h13H,2-10H2,1H3,(H,14,19)(H,17,18). The fourth-order valence-electron chi connectivity index (χ4n) is 2.10. The molecule has 1 rings (SSSR count). The number of carbonyl (C=O) groups excluding carboxylic acids is 1. The highest BCUT2D eigenvalue weighted by Crippen LogP contribution is 2.03. The minimum Gasteiger partial charge on any atom is -0.480 e. The van der Waals surface area contributed by atoms with E-state index in [9.17, 15) is 9.59 Å². The Balaban J connectivity index is 2.27. The number of rotatable bonds is 6. The van der Waals surface area contributed by atoms with Crippen molar-refractivity contribution in [2.24, 2.45) is 0 Å². The highest BCUT2D eigenvalue weighted by molar-refractivity contribution is 5.74. The van der Waals surface area contributed by atoms with Crippen LogP contribution >= 0.6 is 0 Å². The van der Waals surface area contributed by atoms with Crippen LogP contribution in [0.4, 0.5) is 4.79 Å². The van der Waals surface area contributed by atoms with E-state index in [4.69, 9.17) is 5.11 Å². The molecular formula is C12H24N4O3. The molecular weight excluding hydrogens is 248 g/mol. The van der Waals surface area contributed by atoms with Gasteiger partial charge in [0.2, 0.25) is 0 Å². The summed E-state index contributed by atoms with van der Waals surface area (Å²) in [6.45, 7) is 4.23. The van der Waals surface area contributed by atoms with Gasteiger partial charge in [-0.1, -0.05) is 0 Å².